The molecule has 1 aliphatic rings. The van der Waals surface area contributed by atoms with E-state index < -0.39 is 8.32 Å². The number of hydrogen-bond acceptors (Lipinski definition) is 1. The fourth-order valence-electron chi connectivity index (χ4n) is 5.10. The Labute approximate surface area is 144 Å². The van der Waals surface area contributed by atoms with Crippen LogP contribution in [0, 0.1) is 5.41 Å². The lowest BCUT2D eigenvalue weighted by atomic mass is 9.79. The van der Waals surface area contributed by atoms with E-state index in [9.17, 15) is 0 Å². The van der Waals surface area contributed by atoms with Crippen LogP contribution in [0.3, 0.4) is 0 Å². The predicted molar refractivity (Wildman–Crippen MR) is 103 cm³/mol. The van der Waals surface area contributed by atoms with E-state index in [1.54, 1.807) is 0 Å². The molecule has 0 spiro atoms. The van der Waals surface area contributed by atoms with Gasteiger partial charge in [-0.15, -0.1) is 6.58 Å². The molecule has 1 saturated heterocycles. The lowest BCUT2D eigenvalue weighted by Crippen LogP contribution is -2.55. The van der Waals surface area contributed by atoms with Crippen molar-refractivity contribution in [3.63, 3.8) is 0 Å². The fraction of sp³-hybridized carbons (Fsp3) is 0.619. The van der Waals surface area contributed by atoms with Crippen LogP contribution in [-0.2, 0) is 4.43 Å². The molecule has 0 amide bonds. The summed E-state index contributed by atoms with van der Waals surface area (Å²) in [6.45, 7) is 23.2. The summed E-state index contributed by atoms with van der Waals surface area (Å²) in [5, 5.41) is 0.288. The molecule has 0 saturated carbocycles. The number of hydrogen-bond donors (Lipinski definition) is 0. The number of allylic oxidation sites excluding steroid dienone is 1. The second kappa shape index (κ2) is 5.60. The Morgan fingerprint density at radius 2 is 1.48 bits per heavy atom. The minimum absolute atomic E-state index is 0.0515. The summed E-state index contributed by atoms with van der Waals surface area (Å²) in [7, 11) is -2.16. The maximum Gasteiger partial charge on any atom is 0.211 e. The third kappa shape index (κ3) is 2.64. The van der Waals surface area contributed by atoms with Crippen molar-refractivity contribution in [1.29, 1.82) is 0 Å². The zero-order valence-corrected chi connectivity index (χ0v) is 17.2. The lowest BCUT2D eigenvalue weighted by molar-refractivity contribution is 0.112. The Hall–Kier alpha value is -0.863. The summed E-state index contributed by atoms with van der Waals surface area (Å²) in [6, 6.07) is 10.7. The molecular weight excluding hydrogens is 296 g/mol. The Balaban J connectivity index is 2.69. The van der Waals surface area contributed by atoms with Crippen molar-refractivity contribution in [2.75, 3.05) is 0 Å². The summed E-state index contributed by atoms with van der Waals surface area (Å²) < 4.78 is 7.15. The van der Waals surface area contributed by atoms with E-state index in [2.05, 4.69) is 98.4 Å². The predicted octanol–water partition coefficient (Wildman–Crippen LogP) is 6.89. The zero-order valence-electron chi connectivity index (χ0n) is 16.2. The maximum absolute atomic E-state index is 7.15. The molecule has 0 aliphatic carbocycles. The van der Waals surface area contributed by atoms with Gasteiger partial charge in [0.25, 0.3) is 0 Å². The van der Waals surface area contributed by atoms with Crippen LogP contribution in [0.25, 0.3) is 0 Å². The lowest BCUT2D eigenvalue weighted by Gasteiger charge is -2.51. The molecule has 1 aromatic rings. The monoisotopic (exact) mass is 330 g/mol. The molecule has 2 heteroatoms. The van der Waals surface area contributed by atoms with Crippen molar-refractivity contribution in [1.82, 2.24) is 0 Å². The quantitative estimate of drug-likeness (QED) is 0.424. The van der Waals surface area contributed by atoms with Gasteiger partial charge in [0, 0.05) is 11.0 Å². The second-order valence-corrected chi connectivity index (χ2v) is 15.0. The molecule has 0 bridgehead atoms. The summed E-state index contributed by atoms with van der Waals surface area (Å²) in [4.78, 5) is 0. The molecule has 1 aliphatic heterocycles. The van der Waals surface area contributed by atoms with E-state index in [-0.39, 0.29) is 21.6 Å². The summed E-state index contributed by atoms with van der Waals surface area (Å²) in [5.41, 5.74) is 1.77. The van der Waals surface area contributed by atoms with Crippen LogP contribution in [-0.4, -0.2) is 8.32 Å². The molecule has 1 fully saturated rings. The Morgan fingerprint density at radius 3 is 1.83 bits per heavy atom. The molecule has 23 heavy (non-hydrogen) atoms. The minimum Gasteiger partial charge on any atom is -0.408 e. The van der Waals surface area contributed by atoms with Gasteiger partial charge in [-0.1, -0.05) is 91.8 Å². The zero-order chi connectivity index (χ0) is 17.7. The molecule has 1 aromatic carbocycles. The molecule has 0 radical (unpaired) electrons. The largest absolute Gasteiger partial charge is 0.408 e. The first-order valence-electron chi connectivity index (χ1n) is 8.75. The van der Waals surface area contributed by atoms with Gasteiger partial charge in [0.15, 0.2) is 0 Å². The van der Waals surface area contributed by atoms with Gasteiger partial charge >= 0.3 is 0 Å². The molecule has 1 heterocycles. The third-order valence-corrected chi connectivity index (χ3v) is 12.7. The van der Waals surface area contributed by atoms with Gasteiger partial charge in [0.2, 0.25) is 8.32 Å². The van der Waals surface area contributed by atoms with Crippen molar-refractivity contribution in [2.45, 2.75) is 77.1 Å². The highest BCUT2D eigenvalue weighted by molar-refractivity contribution is 6.82. The van der Waals surface area contributed by atoms with E-state index in [0.29, 0.717) is 5.54 Å². The summed E-state index contributed by atoms with van der Waals surface area (Å²) in [5.74, 6) is 0. The van der Waals surface area contributed by atoms with Crippen molar-refractivity contribution in [2.24, 2.45) is 5.41 Å². The molecule has 2 atom stereocenters. The topological polar surface area (TPSA) is 9.23 Å². The van der Waals surface area contributed by atoms with Gasteiger partial charge in [-0.05, 0) is 15.6 Å². The van der Waals surface area contributed by atoms with E-state index in [0.717, 1.165) is 0 Å². The highest BCUT2D eigenvalue weighted by atomic mass is 28.4. The first-order valence-corrected chi connectivity index (χ1v) is 10.7. The first kappa shape index (κ1) is 18.5. The molecule has 2 rings (SSSR count). The average Bonchev–Trinajstić information content (AvgIpc) is 2.67. The van der Waals surface area contributed by atoms with Gasteiger partial charge in [0.05, 0.1) is 6.10 Å². The van der Waals surface area contributed by atoms with Gasteiger partial charge < -0.3 is 4.43 Å². The van der Waals surface area contributed by atoms with Gasteiger partial charge in [-0.25, -0.2) is 0 Å². The van der Waals surface area contributed by atoms with Gasteiger partial charge in [0.1, 0.15) is 0 Å². The first-order chi connectivity index (χ1) is 10.4. The van der Waals surface area contributed by atoms with Crippen molar-refractivity contribution in [3.8, 4) is 0 Å². The molecule has 0 aromatic heterocycles. The maximum atomic E-state index is 7.15. The SMILES string of the molecule is C=C[C@H]1C(C)(C)[C@@H](c2ccccc2)O[Si]1(C(C)(C)C)C(C)(C)C. The Kier molecular flexibility index (Phi) is 4.49. The fourth-order valence-corrected chi connectivity index (χ4v) is 12.4. The van der Waals surface area contributed by atoms with Crippen LogP contribution < -0.4 is 0 Å². The highest BCUT2D eigenvalue weighted by Gasteiger charge is 2.69. The van der Waals surface area contributed by atoms with E-state index >= 15 is 0 Å². The van der Waals surface area contributed by atoms with E-state index in [4.69, 9.17) is 4.43 Å². The minimum atomic E-state index is -2.16. The van der Waals surface area contributed by atoms with Crippen LogP contribution in [0.4, 0.5) is 0 Å². The normalized spacial score (nSPS) is 27.0. The Bertz CT molecular complexity index is 546. The highest BCUT2D eigenvalue weighted by Crippen LogP contribution is 2.70. The van der Waals surface area contributed by atoms with Crippen LogP contribution in [0.1, 0.15) is 67.1 Å². The Morgan fingerprint density at radius 1 is 1.00 bits per heavy atom. The van der Waals surface area contributed by atoms with Crippen LogP contribution in [0.5, 0.6) is 0 Å². The third-order valence-electron chi connectivity index (χ3n) is 5.79. The van der Waals surface area contributed by atoms with Crippen molar-refractivity contribution in [3.05, 3.63) is 48.6 Å². The summed E-state index contributed by atoms with van der Waals surface area (Å²) in [6.07, 6.45) is 2.34. The van der Waals surface area contributed by atoms with E-state index in [1.165, 1.54) is 5.56 Å². The van der Waals surface area contributed by atoms with Crippen LogP contribution in [0.15, 0.2) is 43.0 Å². The van der Waals surface area contributed by atoms with Crippen LogP contribution >= 0.6 is 0 Å². The van der Waals surface area contributed by atoms with Gasteiger partial charge in [-0.3, -0.25) is 0 Å². The molecule has 128 valence electrons. The molecule has 0 unspecified atom stereocenters. The van der Waals surface area contributed by atoms with E-state index in [1.807, 2.05) is 0 Å². The standard InChI is InChI=1S/C21H34OSi/c1-10-17-21(8,9)18(16-14-12-11-13-15-16)22-23(17,19(2,3)4)20(5,6)7/h10-15,17-18H,1H2,2-9H3/t17-,18+/m0/s1. The molecule has 1 nitrogen and oxygen atoms in total. The smallest absolute Gasteiger partial charge is 0.211 e. The second-order valence-electron chi connectivity index (χ2n) is 9.68. The molecule has 0 N–H and O–H groups in total. The van der Waals surface area contributed by atoms with Crippen molar-refractivity contribution >= 4 is 8.32 Å². The average molecular weight is 331 g/mol. The van der Waals surface area contributed by atoms with Gasteiger partial charge in [-0.2, -0.15) is 0 Å². The molecular formula is C21H34OSi. The van der Waals surface area contributed by atoms with Crippen LogP contribution in [0.2, 0.25) is 15.6 Å². The number of rotatable bonds is 2. The van der Waals surface area contributed by atoms with Crippen molar-refractivity contribution < 1.29 is 4.43 Å². The number of benzene rings is 1. The summed E-state index contributed by atoms with van der Waals surface area (Å²) >= 11 is 0.